The molecule has 0 radical (unpaired) electrons. The van der Waals surface area contributed by atoms with E-state index in [4.69, 9.17) is 5.73 Å². The summed E-state index contributed by atoms with van der Waals surface area (Å²) in [4.78, 5) is 0. The summed E-state index contributed by atoms with van der Waals surface area (Å²) in [5, 5.41) is 10.4. The lowest BCUT2D eigenvalue weighted by Gasteiger charge is -1.71. The monoisotopic (exact) mass is 178 g/mol. The zero-order valence-corrected chi connectivity index (χ0v) is 6.80. The van der Waals surface area contributed by atoms with Crippen LogP contribution >= 0.6 is 0 Å². The molecule has 1 aromatic heterocycles. The minimum absolute atomic E-state index is 0.606. The lowest BCUT2D eigenvalue weighted by atomic mass is 10.7. The SMILES string of the molecule is CS(N)(=O)=O.Nc1ccn[nH]1. The van der Waals surface area contributed by atoms with Crippen LogP contribution in [0.25, 0.3) is 0 Å². The highest BCUT2D eigenvalue weighted by Crippen LogP contribution is 1.86. The average Bonchev–Trinajstić information content (AvgIpc) is 2.12. The fourth-order valence-electron chi connectivity index (χ4n) is 0.267. The zero-order valence-electron chi connectivity index (χ0n) is 5.98. The van der Waals surface area contributed by atoms with E-state index in [1.165, 1.54) is 0 Å². The van der Waals surface area contributed by atoms with Crippen LogP contribution in [0.3, 0.4) is 0 Å². The number of hydrogen-bond acceptors (Lipinski definition) is 4. The molecule has 0 saturated heterocycles. The van der Waals surface area contributed by atoms with Crippen molar-refractivity contribution in [3.63, 3.8) is 0 Å². The van der Waals surface area contributed by atoms with Crippen molar-refractivity contribution in [1.82, 2.24) is 10.2 Å². The number of primary sulfonamides is 1. The van der Waals surface area contributed by atoms with Gasteiger partial charge in [-0.25, -0.2) is 13.6 Å². The van der Waals surface area contributed by atoms with Gasteiger partial charge in [-0.1, -0.05) is 0 Å². The molecule has 0 fully saturated rings. The summed E-state index contributed by atoms with van der Waals surface area (Å²) in [7, 11) is -3.17. The number of nitrogens with zero attached hydrogens (tertiary/aromatic N) is 1. The largest absolute Gasteiger partial charge is 0.384 e. The van der Waals surface area contributed by atoms with E-state index in [1.807, 2.05) is 0 Å². The number of rotatable bonds is 0. The molecular weight excluding hydrogens is 168 g/mol. The molecule has 1 aromatic rings. The van der Waals surface area contributed by atoms with Crippen LogP contribution in [-0.4, -0.2) is 24.9 Å². The summed E-state index contributed by atoms with van der Waals surface area (Å²) < 4.78 is 18.8. The third-order valence-corrected chi connectivity index (χ3v) is 0.522. The molecule has 0 amide bonds. The average molecular weight is 178 g/mol. The van der Waals surface area contributed by atoms with Crippen LogP contribution < -0.4 is 10.9 Å². The third kappa shape index (κ3) is 12.2. The number of nitrogens with one attached hydrogen (secondary N) is 1. The second-order valence-corrected chi connectivity index (χ2v) is 3.50. The Hall–Kier alpha value is -1.08. The first-order valence-corrected chi connectivity index (χ1v) is 4.57. The first-order chi connectivity index (χ1) is 4.89. The maximum atomic E-state index is 9.41. The van der Waals surface area contributed by atoms with Crippen LogP contribution in [0.5, 0.6) is 0 Å². The number of hydrogen-bond donors (Lipinski definition) is 3. The number of anilines is 1. The Morgan fingerprint density at radius 3 is 2.18 bits per heavy atom. The van der Waals surface area contributed by atoms with E-state index < -0.39 is 10.0 Å². The van der Waals surface area contributed by atoms with Gasteiger partial charge in [0.1, 0.15) is 5.82 Å². The molecule has 5 N–H and O–H groups in total. The summed E-state index contributed by atoms with van der Waals surface area (Å²) in [6.07, 6.45) is 2.54. The predicted molar refractivity (Wildman–Crippen MR) is 42.0 cm³/mol. The molecular formula is C4H10N4O2S. The number of H-pyrrole nitrogens is 1. The summed E-state index contributed by atoms with van der Waals surface area (Å²) in [6, 6.07) is 1.69. The van der Waals surface area contributed by atoms with Gasteiger partial charge in [0, 0.05) is 0 Å². The number of aromatic nitrogens is 2. The van der Waals surface area contributed by atoms with E-state index in [2.05, 4.69) is 15.3 Å². The van der Waals surface area contributed by atoms with Crippen molar-refractivity contribution in [2.75, 3.05) is 12.0 Å². The van der Waals surface area contributed by atoms with Gasteiger partial charge in [0.25, 0.3) is 0 Å². The Morgan fingerprint density at radius 2 is 2.09 bits per heavy atom. The molecule has 0 aliphatic heterocycles. The van der Waals surface area contributed by atoms with E-state index in [1.54, 1.807) is 12.3 Å². The molecule has 6 nitrogen and oxygen atoms in total. The van der Waals surface area contributed by atoms with Gasteiger partial charge in [0.05, 0.1) is 12.5 Å². The second-order valence-electron chi connectivity index (χ2n) is 1.84. The van der Waals surface area contributed by atoms with Gasteiger partial charge in [-0.15, -0.1) is 0 Å². The molecule has 1 heterocycles. The van der Waals surface area contributed by atoms with Gasteiger partial charge in [0.15, 0.2) is 0 Å². The topological polar surface area (TPSA) is 115 Å². The van der Waals surface area contributed by atoms with Gasteiger partial charge in [-0.2, -0.15) is 5.10 Å². The number of sulfonamides is 1. The summed E-state index contributed by atoms with van der Waals surface area (Å²) in [5.74, 6) is 0.606. The molecule has 11 heavy (non-hydrogen) atoms. The molecule has 0 unspecified atom stereocenters. The molecule has 7 heteroatoms. The van der Waals surface area contributed by atoms with Crippen LogP contribution in [0.1, 0.15) is 0 Å². The number of nitrogens with two attached hydrogens (primary N) is 2. The van der Waals surface area contributed by atoms with Crippen molar-refractivity contribution in [2.24, 2.45) is 5.14 Å². The van der Waals surface area contributed by atoms with Gasteiger partial charge < -0.3 is 5.73 Å². The standard InChI is InChI=1S/C3H5N3.CH5NO2S/c4-3-1-2-5-6-3;1-5(2,3)4/h1-2H,(H3,4,5,6);1H3,(H2,2,3,4). The fourth-order valence-corrected chi connectivity index (χ4v) is 0.267. The van der Waals surface area contributed by atoms with E-state index >= 15 is 0 Å². The van der Waals surface area contributed by atoms with Crippen LogP contribution in [0.4, 0.5) is 5.82 Å². The van der Waals surface area contributed by atoms with Crippen molar-refractivity contribution in [3.05, 3.63) is 12.3 Å². The number of nitrogen functional groups attached to an aromatic ring is 1. The summed E-state index contributed by atoms with van der Waals surface area (Å²) in [6.45, 7) is 0. The molecule has 0 aliphatic carbocycles. The highest BCUT2D eigenvalue weighted by atomic mass is 32.2. The van der Waals surface area contributed by atoms with Crippen LogP contribution in [0, 0.1) is 0 Å². The maximum Gasteiger partial charge on any atom is 0.206 e. The van der Waals surface area contributed by atoms with Crippen molar-refractivity contribution < 1.29 is 8.42 Å². The first kappa shape index (κ1) is 9.92. The Labute approximate surface area is 64.6 Å². The molecule has 0 bridgehead atoms. The minimum atomic E-state index is -3.17. The third-order valence-electron chi connectivity index (χ3n) is 0.522. The normalized spacial score (nSPS) is 10.0. The Balaban J connectivity index is 0.000000187. The van der Waals surface area contributed by atoms with Crippen molar-refractivity contribution in [1.29, 1.82) is 0 Å². The van der Waals surface area contributed by atoms with Gasteiger partial charge in [-0.05, 0) is 6.07 Å². The van der Waals surface area contributed by atoms with E-state index in [9.17, 15) is 8.42 Å². The maximum absolute atomic E-state index is 9.41. The Bertz CT molecular complexity index is 269. The number of aromatic amines is 1. The Morgan fingerprint density at radius 1 is 1.64 bits per heavy atom. The highest BCUT2D eigenvalue weighted by molar-refractivity contribution is 7.88. The molecule has 0 spiro atoms. The van der Waals surface area contributed by atoms with E-state index in [-0.39, 0.29) is 0 Å². The van der Waals surface area contributed by atoms with E-state index in [0.29, 0.717) is 5.82 Å². The van der Waals surface area contributed by atoms with Crippen molar-refractivity contribution in [3.8, 4) is 0 Å². The molecule has 1 rings (SSSR count). The molecule has 0 atom stereocenters. The predicted octanol–water partition coefficient (Wildman–Crippen LogP) is -1.10. The van der Waals surface area contributed by atoms with Crippen LogP contribution in [0.2, 0.25) is 0 Å². The first-order valence-electron chi connectivity index (χ1n) is 2.62. The van der Waals surface area contributed by atoms with Crippen molar-refractivity contribution in [2.45, 2.75) is 0 Å². The summed E-state index contributed by atoms with van der Waals surface area (Å²) >= 11 is 0. The molecule has 0 aromatic carbocycles. The lowest BCUT2D eigenvalue weighted by Crippen LogP contribution is -2.07. The lowest BCUT2D eigenvalue weighted by molar-refractivity contribution is 0.603. The second kappa shape index (κ2) is 3.94. The van der Waals surface area contributed by atoms with Gasteiger partial charge in [-0.3, -0.25) is 5.10 Å². The van der Waals surface area contributed by atoms with E-state index in [0.717, 1.165) is 6.26 Å². The molecule has 0 saturated carbocycles. The molecule has 64 valence electrons. The Kier molecular flexibility index (Phi) is 3.55. The van der Waals surface area contributed by atoms with Gasteiger partial charge in [0.2, 0.25) is 10.0 Å². The fraction of sp³-hybridized carbons (Fsp3) is 0.250. The van der Waals surface area contributed by atoms with Crippen molar-refractivity contribution >= 4 is 15.8 Å². The van der Waals surface area contributed by atoms with Crippen LogP contribution in [0.15, 0.2) is 12.3 Å². The zero-order chi connectivity index (χ0) is 8.91. The quantitative estimate of drug-likeness (QED) is 0.467. The van der Waals surface area contributed by atoms with Gasteiger partial charge >= 0.3 is 0 Å². The van der Waals surface area contributed by atoms with Crippen LogP contribution in [-0.2, 0) is 10.0 Å². The minimum Gasteiger partial charge on any atom is -0.384 e. The smallest absolute Gasteiger partial charge is 0.206 e. The molecule has 0 aliphatic rings. The summed E-state index contributed by atoms with van der Waals surface area (Å²) in [5.41, 5.74) is 5.16. The highest BCUT2D eigenvalue weighted by Gasteiger charge is 1.78.